The molecule has 0 fully saturated rings. The van der Waals surface area contributed by atoms with Crippen molar-refractivity contribution in [2.24, 2.45) is 0 Å². The van der Waals surface area contributed by atoms with Gasteiger partial charge in [-0.05, 0) is 18.2 Å². The third kappa shape index (κ3) is 3.07. The van der Waals surface area contributed by atoms with Crippen LogP contribution in [-0.4, -0.2) is 13.1 Å². The molecule has 0 bridgehead atoms. The van der Waals surface area contributed by atoms with Crippen molar-refractivity contribution < 1.29 is 22.7 Å². The van der Waals surface area contributed by atoms with Crippen molar-refractivity contribution in [3.05, 3.63) is 53.3 Å². The minimum atomic E-state index is -1.55. The van der Waals surface area contributed by atoms with Crippen molar-refractivity contribution in [3.8, 4) is 0 Å². The largest absolute Gasteiger partial charge is 0.465 e. The maximum absolute atomic E-state index is 13.1. The Bertz CT molecular complexity index is 682. The van der Waals surface area contributed by atoms with Crippen LogP contribution in [0.25, 0.3) is 0 Å². The zero-order valence-electron chi connectivity index (χ0n) is 10.9. The first-order valence-corrected chi connectivity index (χ1v) is 5.81. The quantitative estimate of drug-likeness (QED) is 0.518. The fourth-order valence-corrected chi connectivity index (χ4v) is 1.72. The van der Waals surface area contributed by atoms with E-state index < -0.39 is 23.4 Å². The smallest absolute Gasteiger partial charge is 0.340 e. The van der Waals surface area contributed by atoms with Crippen molar-refractivity contribution in [1.82, 2.24) is 0 Å². The second-order valence-corrected chi connectivity index (χ2v) is 4.17. The van der Waals surface area contributed by atoms with Crippen LogP contribution in [0.1, 0.15) is 10.4 Å². The zero-order chi connectivity index (χ0) is 15.6. The molecule has 21 heavy (non-hydrogen) atoms. The number of carbonyl (C=O) groups is 1. The molecule has 2 aromatic rings. The van der Waals surface area contributed by atoms with Crippen molar-refractivity contribution >= 4 is 23.0 Å². The summed E-state index contributed by atoms with van der Waals surface area (Å²) in [5.74, 6) is -4.83. The molecule has 0 aliphatic carbocycles. The van der Waals surface area contributed by atoms with Gasteiger partial charge >= 0.3 is 5.97 Å². The number of hydrogen-bond acceptors (Lipinski definition) is 4. The molecular formula is C14H11F3N2O2. The van der Waals surface area contributed by atoms with E-state index in [9.17, 15) is 18.0 Å². The first-order valence-electron chi connectivity index (χ1n) is 5.81. The van der Waals surface area contributed by atoms with Gasteiger partial charge in [-0.1, -0.05) is 0 Å². The Morgan fingerprint density at radius 3 is 2.29 bits per heavy atom. The molecule has 0 atom stereocenters. The summed E-state index contributed by atoms with van der Waals surface area (Å²) in [6, 6.07) is 5.89. The number of carbonyl (C=O) groups excluding carboxylic acids is 1. The van der Waals surface area contributed by atoms with Gasteiger partial charge in [0.2, 0.25) is 0 Å². The van der Waals surface area contributed by atoms with Crippen LogP contribution >= 0.6 is 0 Å². The van der Waals surface area contributed by atoms with E-state index in [4.69, 9.17) is 5.73 Å². The molecule has 4 nitrogen and oxygen atoms in total. The number of hydrogen-bond donors (Lipinski definition) is 2. The van der Waals surface area contributed by atoms with Gasteiger partial charge in [0.1, 0.15) is 0 Å². The first-order chi connectivity index (χ1) is 9.92. The predicted molar refractivity (Wildman–Crippen MR) is 71.8 cm³/mol. The van der Waals surface area contributed by atoms with E-state index in [0.717, 1.165) is 12.1 Å². The van der Waals surface area contributed by atoms with E-state index in [1.54, 1.807) is 0 Å². The lowest BCUT2D eigenvalue weighted by atomic mass is 10.1. The average Bonchev–Trinajstić information content (AvgIpc) is 2.46. The average molecular weight is 296 g/mol. The Morgan fingerprint density at radius 2 is 1.71 bits per heavy atom. The molecule has 0 heterocycles. The summed E-state index contributed by atoms with van der Waals surface area (Å²) in [6.45, 7) is 0. The number of anilines is 3. The van der Waals surface area contributed by atoms with Gasteiger partial charge in [-0.25, -0.2) is 18.0 Å². The Morgan fingerprint density at radius 1 is 1.10 bits per heavy atom. The second kappa shape index (κ2) is 5.74. The minimum Gasteiger partial charge on any atom is -0.465 e. The summed E-state index contributed by atoms with van der Waals surface area (Å²) in [4.78, 5) is 11.5. The highest BCUT2D eigenvalue weighted by atomic mass is 19.2. The Balaban J connectivity index is 2.34. The zero-order valence-corrected chi connectivity index (χ0v) is 10.9. The first kappa shape index (κ1) is 14.7. The minimum absolute atomic E-state index is 0.00742. The monoisotopic (exact) mass is 296 g/mol. The number of methoxy groups -OCH3 is 1. The third-order valence-corrected chi connectivity index (χ3v) is 2.73. The van der Waals surface area contributed by atoms with Gasteiger partial charge in [0.05, 0.1) is 12.7 Å². The highest BCUT2D eigenvalue weighted by molar-refractivity contribution is 5.96. The molecule has 2 rings (SSSR count). The van der Waals surface area contributed by atoms with E-state index >= 15 is 0 Å². The standard InChI is InChI=1S/C14H11F3N2O2/c1-21-14(20)9-4-7(2-3-12(9)18)19-8-5-10(15)13(17)11(16)6-8/h2-6,19H,18H2,1H3. The second-order valence-electron chi connectivity index (χ2n) is 4.17. The van der Waals surface area contributed by atoms with Gasteiger partial charge in [0, 0.05) is 29.2 Å². The molecule has 0 unspecified atom stereocenters. The number of nitrogens with one attached hydrogen (secondary N) is 1. The van der Waals surface area contributed by atoms with Crippen LogP contribution in [-0.2, 0) is 4.74 Å². The van der Waals surface area contributed by atoms with Crippen LogP contribution in [0, 0.1) is 17.5 Å². The number of ether oxygens (including phenoxy) is 1. The van der Waals surface area contributed by atoms with Crippen molar-refractivity contribution in [2.45, 2.75) is 0 Å². The number of nitrogens with two attached hydrogens (primary N) is 1. The summed E-state index contributed by atoms with van der Waals surface area (Å²) in [5.41, 5.74) is 6.26. The SMILES string of the molecule is COC(=O)c1cc(Nc2cc(F)c(F)c(F)c2)ccc1N. The van der Waals surface area contributed by atoms with E-state index in [2.05, 4.69) is 10.1 Å². The summed E-state index contributed by atoms with van der Waals surface area (Å²) >= 11 is 0. The Labute approximate surface area is 118 Å². The van der Waals surface area contributed by atoms with Crippen LogP contribution in [0.15, 0.2) is 30.3 Å². The lowest BCUT2D eigenvalue weighted by molar-refractivity contribution is 0.0602. The summed E-state index contributed by atoms with van der Waals surface area (Å²) < 4.78 is 43.7. The van der Waals surface area contributed by atoms with E-state index in [0.29, 0.717) is 5.69 Å². The molecule has 0 saturated carbocycles. The molecule has 0 aliphatic heterocycles. The fraction of sp³-hybridized carbons (Fsp3) is 0.0714. The lowest BCUT2D eigenvalue weighted by Gasteiger charge is -2.10. The van der Waals surface area contributed by atoms with Gasteiger partial charge in [0.15, 0.2) is 17.5 Å². The number of benzene rings is 2. The van der Waals surface area contributed by atoms with Crippen molar-refractivity contribution in [3.63, 3.8) is 0 Å². The van der Waals surface area contributed by atoms with Crippen molar-refractivity contribution in [1.29, 1.82) is 0 Å². The van der Waals surface area contributed by atoms with Gasteiger partial charge < -0.3 is 15.8 Å². The molecule has 0 aliphatic rings. The van der Waals surface area contributed by atoms with E-state index in [1.165, 1.54) is 25.3 Å². The Hall–Kier alpha value is -2.70. The van der Waals surface area contributed by atoms with Crippen LogP contribution in [0.2, 0.25) is 0 Å². The van der Waals surface area contributed by atoms with Crippen molar-refractivity contribution in [2.75, 3.05) is 18.2 Å². The van der Waals surface area contributed by atoms with Crippen LogP contribution in [0.4, 0.5) is 30.2 Å². The number of rotatable bonds is 3. The molecule has 0 aromatic heterocycles. The van der Waals surface area contributed by atoms with Crippen LogP contribution in [0.5, 0.6) is 0 Å². The molecule has 110 valence electrons. The van der Waals surface area contributed by atoms with Crippen LogP contribution < -0.4 is 11.1 Å². The van der Waals surface area contributed by atoms with Gasteiger partial charge in [-0.15, -0.1) is 0 Å². The highest BCUT2D eigenvalue weighted by Crippen LogP contribution is 2.24. The number of nitrogen functional groups attached to an aromatic ring is 1. The molecule has 0 spiro atoms. The maximum Gasteiger partial charge on any atom is 0.340 e. The van der Waals surface area contributed by atoms with Gasteiger partial charge in [-0.3, -0.25) is 0 Å². The topological polar surface area (TPSA) is 64.3 Å². The third-order valence-electron chi connectivity index (χ3n) is 2.73. The molecule has 0 radical (unpaired) electrons. The lowest BCUT2D eigenvalue weighted by Crippen LogP contribution is -2.06. The number of esters is 1. The van der Waals surface area contributed by atoms with E-state index in [1.807, 2.05) is 0 Å². The summed E-state index contributed by atoms with van der Waals surface area (Å²) in [5, 5.41) is 2.65. The Kier molecular flexibility index (Phi) is 4.02. The summed E-state index contributed by atoms with van der Waals surface area (Å²) in [6.07, 6.45) is 0. The molecule has 2 aromatic carbocycles. The molecule has 7 heteroatoms. The maximum atomic E-state index is 13.1. The molecule has 0 saturated heterocycles. The predicted octanol–water partition coefficient (Wildman–Crippen LogP) is 3.22. The summed E-state index contributed by atoms with van der Waals surface area (Å²) in [7, 11) is 1.20. The molecular weight excluding hydrogens is 285 g/mol. The molecule has 0 amide bonds. The van der Waals surface area contributed by atoms with Gasteiger partial charge in [-0.2, -0.15) is 0 Å². The van der Waals surface area contributed by atoms with Gasteiger partial charge in [0.25, 0.3) is 0 Å². The van der Waals surface area contributed by atoms with E-state index in [-0.39, 0.29) is 16.9 Å². The van der Waals surface area contributed by atoms with Crippen LogP contribution in [0.3, 0.4) is 0 Å². The molecule has 3 N–H and O–H groups in total. The number of halogens is 3. The normalized spacial score (nSPS) is 10.3. The fourth-order valence-electron chi connectivity index (χ4n) is 1.72. The highest BCUT2D eigenvalue weighted by Gasteiger charge is 2.13.